The molecule has 78 valence electrons. The first-order valence-corrected chi connectivity index (χ1v) is 4.63. The normalized spacial score (nSPS) is 12.6. The molecule has 0 spiro atoms. The molecule has 2 N–H and O–H groups in total. The predicted octanol–water partition coefficient (Wildman–Crippen LogP) is 2.00. The third-order valence-electron chi connectivity index (χ3n) is 2.06. The molecule has 0 amide bonds. The minimum atomic E-state index is 0.0603. The summed E-state index contributed by atoms with van der Waals surface area (Å²) >= 11 is 0. The van der Waals surface area contributed by atoms with Crippen LogP contribution in [0.15, 0.2) is 18.2 Å². The first-order valence-electron chi connectivity index (χ1n) is 4.63. The fraction of sp³-hybridized carbons (Fsp3) is 0.455. The van der Waals surface area contributed by atoms with Gasteiger partial charge in [-0.05, 0) is 31.0 Å². The quantitative estimate of drug-likeness (QED) is 0.747. The van der Waals surface area contributed by atoms with E-state index in [-0.39, 0.29) is 12.8 Å². The Morgan fingerprint density at radius 1 is 1.43 bits per heavy atom. The maximum Gasteiger partial charge on any atom is 0.188 e. The van der Waals surface area contributed by atoms with Crippen LogP contribution in [0.4, 0.5) is 0 Å². The predicted molar refractivity (Wildman–Crippen MR) is 56.3 cm³/mol. The molecule has 1 atom stereocenters. The number of ether oxygens (including phenoxy) is 2. The summed E-state index contributed by atoms with van der Waals surface area (Å²) in [5, 5.41) is 0. The van der Waals surface area contributed by atoms with Crippen LogP contribution in [0.25, 0.3) is 0 Å². The van der Waals surface area contributed by atoms with Gasteiger partial charge in [0.05, 0.1) is 0 Å². The van der Waals surface area contributed by atoms with Gasteiger partial charge in [-0.3, -0.25) is 0 Å². The van der Waals surface area contributed by atoms with Crippen LogP contribution >= 0.6 is 0 Å². The second-order valence-electron chi connectivity index (χ2n) is 3.36. The van der Waals surface area contributed by atoms with Crippen molar-refractivity contribution in [2.45, 2.75) is 19.9 Å². The molecule has 0 bridgehead atoms. The number of aryl methyl sites for hydroxylation is 1. The summed E-state index contributed by atoms with van der Waals surface area (Å²) in [4.78, 5) is 0. The monoisotopic (exact) mass is 195 g/mol. The lowest BCUT2D eigenvalue weighted by atomic mass is 10.1. The van der Waals surface area contributed by atoms with Gasteiger partial charge < -0.3 is 15.2 Å². The molecule has 1 unspecified atom stereocenters. The Bertz CT molecular complexity index is 297. The minimum Gasteiger partial charge on any atom is -0.467 e. The molecule has 0 saturated heterocycles. The SMILES string of the molecule is COCOc1ccc(C(C)N)cc1C. The van der Waals surface area contributed by atoms with Crippen molar-refractivity contribution in [1.82, 2.24) is 0 Å². The first-order chi connectivity index (χ1) is 6.65. The van der Waals surface area contributed by atoms with Crippen LogP contribution in [-0.4, -0.2) is 13.9 Å². The Balaban J connectivity index is 2.79. The number of hydrogen-bond donors (Lipinski definition) is 1. The van der Waals surface area contributed by atoms with Gasteiger partial charge in [0.15, 0.2) is 6.79 Å². The number of nitrogens with two attached hydrogens (primary N) is 1. The lowest BCUT2D eigenvalue weighted by Crippen LogP contribution is -2.06. The lowest BCUT2D eigenvalue weighted by Gasteiger charge is -2.11. The van der Waals surface area contributed by atoms with E-state index in [0.717, 1.165) is 16.9 Å². The molecular weight excluding hydrogens is 178 g/mol. The van der Waals surface area contributed by atoms with Gasteiger partial charge in [0.1, 0.15) is 5.75 Å². The van der Waals surface area contributed by atoms with Gasteiger partial charge in [-0.2, -0.15) is 0 Å². The summed E-state index contributed by atoms with van der Waals surface area (Å²) in [6.45, 7) is 4.24. The number of rotatable bonds is 4. The Morgan fingerprint density at radius 3 is 2.64 bits per heavy atom. The van der Waals surface area contributed by atoms with Gasteiger partial charge in [-0.1, -0.05) is 12.1 Å². The molecule has 0 fully saturated rings. The molecule has 0 heterocycles. The zero-order chi connectivity index (χ0) is 10.6. The standard InChI is InChI=1S/C11H17NO2/c1-8-6-10(9(2)12)4-5-11(8)14-7-13-3/h4-6,9H,7,12H2,1-3H3. The highest BCUT2D eigenvalue weighted by molar-refractivity contribution is 5.37. The van der Waals surface area contributed by atoms with E-state index >= 15 is 0 Å². The summed E-state index contributed by atoms with van der Waals surface area (Å²) in [6, 6.07) is 6.00. The van der Waals surface area contributed by atoms with Crippen molar-refractivity contribution in [1.29, 1.82) is 0 Å². The zero-order valence-electron chi connectivity index (χ0n) is 8.91. The third kappa shape index (κ3) is 2.72. The summed E-state index contributed by atoms with van der Waals surface area (Å²) in [6.07, 6.45) is 0. The second-order valence-corrected chi connectivity index (χ2v) is 3.36. The molecule has 1 aromatic rings. The van der Waals surface area contributed by atoms with Gasteiger partial charge in [0.2, 0.25) is 0 Å². The highest BCUT2D eigenvalue weighted by Gasteiger charge is 2.03. The summed E-state index contributed by atoms with van der Waals surface area (Å²) in [7, 11) is 1.60. The molecule has 1 aromatic carbocycles. The number of methoxy groups -OCH3 is 1. The molecule has 1 rings (SSSR count). The van der Waals surface area contributed by atoms with E-state index in [2.05, 4.69) is 0 Å². The van der Waals surface area contributed by atoms with Gasteiger partial charge in [0.25, 0.3) is 0 Å². The van der Waals surface area contributed by atoms with Crippen molar-refractivity contribution in [3.63, 3.8) is 0 Å². The summed E-state index contributed by atoms with van der Waals surface area (Å²) in [5.74, 6) is 0.844. The largest absolute Gasteiger partial charge is 0.467 e. The molecule has 0 saturated carbocycles. The first kappa shape index (κ1) is 11.0. The van der Waals surface area contributed by atoms with Crippen LogP contribution in [0.1, 0.15) is 24.1 Å². The zero-order valence-corrected chi connectivity index (χ0v) is 8.91. The van der Waals surface area contributed by atoms with Crippen molar-refractivity contribution >= 4 is 0 Å². The molecular formula is C11H17NO2. The van der Waals surface area contributed by atoms with Crippen molar-refractivity contribution in [3.8, 4) is 5.75 Å². The molecule has 0 aliphatic rings. The van der Waals surface area contributed by atoms with Crippen LogP contribution < -0.4 is 10.5 Å². The summed E-state index contributed by atoms with van der Waals surface area (Å²) in [5.41, 5.74) is 7.97. The number of benzene rings is 1. The average Bonchev–Trinajstić information content (AvgIpc) is 2.15. The second kappa shape index (κ2) is 4.98. The number of hydrogen-bond acceptors (Lipinski definition) is 3. The lowest BCUT2D eigenvalue weighted by molar-refractivity contribution is 0.0506. The van der Waals surface area contributed by atoms with Crippen molar-refractivity contribution < 1.29 is 9.47 Å². The molecule has 14 heavy (non-hydrogen) atoms. The van der Waals surface area contributed by atoms with Gasteiger partial charge >= 0.3 is 0 Å². The van der Waals surface area contributed by atoms with E-state index in [1.54, 1.807) is 7.11 Å². The smallest absolute Gasteiger partial charge is 0.188 e. The van der Waals surface area contributed by atoms with E-state index in [1.807, 2.05) is 32.0 Å². The summed E-state index contributed by atoms with van der Waals surface area (Å²) < 4.78 is 10.2. The van der Waals surface area contributed by atoms with Crippen molar-refractivity contribution in [2.24, 2.45) is 5.73 Å². The van der Waals surface area contributed by atoms with Gasteiger partial charge in [-0.25, -0.2) is 0 Å². The van der Waals surface area contributed by atoms with E-state index in [9.17, 15) is 0 Å². The maximum atomic E-state index is 5.77. The molecule has 3 heteroatoms. The topological polar surface area (TPSA) is 44.5 Å². The van der Waals surface area contributed by atoms with E-state index in [1.165, 1.54) is 0 Å². The molecule has 0 aliphatic carbocycles. The van der Waals surface area contributed by atoms with E-state index < -0.39 is 0 Å². The fourth-order valence-corrected chi connectivity index (χ4v) is 1.24. The van der Waals surface area contributed by atoms with Crippen molar-refractivity contribution in [3.05, 3.63) is 29.3 Å². The molecule has 0 radical (unpaired) electrons. The van der Waals surface area contributed by atoms with Crippen LogP contribution in [0.5, 0.6) is 5.75 Å². The van der Waals surface area contributed by atoms with Gasteiger partial charge in [0, 0.05) is 13.2 Å². The van der Waals surface area contributed by atoms with Crippen LogP contribution in [0.2, 0.25) is 0 Å². The minimum absolute atomic E-state index is 0.0603. The van der Waals surface area contributed by atoms with Crippen molar-refractivity contribution in [2.75, 3.05) is 13.9 Å². The average molecular weight is 195 g/mol. The fourth-order valence-electron chi connectivity index (χ4n) is 1.24. The molecule has 0 aliphatic heterocycles. The maximum absolute atomic E-state index is 5.77. The Hall–Kier alpha value is -1.06. The van der Waals surface area contributed by atoms with Crippen LogP contribution in [0, 0.1) is 6.92 Å². The highest BCUT2D eigenvalue weighted by atomic mass is 16.7. The Labute approximate surface area is 84.8 Å². The Morgan fingerprint density at radius 2 is 2.14 bits per heavy atom. The van der Waals surface area contributed by atoms with E-state index in [0.29, 0.717) is 0 Å². The van der Waals surface area contributed by atoms with Crippen LogP contribution in [0.3, 0.4) is 0 Å². The highest BCUT2D eigenvalue weighted by Crippen LogP contribution is 2.21. The van der Waals surface area contributed by atoms with E-state index in [4.69, 9.17) is 15.2 Å². The molecule has 3 nitrogen and oxygen atoms in total. The Kier molecular flexibility index (Phi) is 3.92. The van der Waals surface area contributed by atoms with Crippen LogP contribution in [-0.2, 0) is 4.74 Å². The van der Waals surface area contributed by atoms with Gasteiger partial charge in [-0.15, -0.1) is 0 Å². The third-order valence-corrected chi connectivity index (χ3v) is 2.06. The molecule has 0 aromatic heterocycles.